The van der Waals surface area contributed by atoms with Crippen LogP contribution in [0.3, 0.4) is 0 Å². The van der Waals surface area contributed by atoms with Crippen molar-refractivity contribution in [3.8, 4) is 5.75 Å². The quantitative estimate of drug-likeness (QED) is 0.616. The molecule has 1 atom stereocenters. The first-order valence-corrected chi connectivity index (χ1v) is 10.1. The molecule has 1 unspecified atom stereocenters. The number of carbonyl (C=O) groups is 1. The van der Waals surface area contributed by atoms with Gasteiger partial charge in [0.05, 0.1) is 6.61 Å². The number of hydrogen-bond acceptors (Lipinski definition) is 6. The highest BCUT2D eigenvalue weighted by atomic mass is 16.5. The summed E-state index contributed by atoms with van der Waals surface area (Å²) in [7, 11) is 1.62. The number of amides is 1. The van der Waals surface area contributed by atoms with Crippen molar-refractivity contribution in [2.45, 2.75) is 12.5 Å². The fraction of sp³-hybridized carbons (Fsp3) is 0.455. The number of ether oxygens (including phenoxy) is 2. The van der Waals surface area contributed by atoms with E-state index in [9.17, 15) is 4.79 Å². The first kappa shape index (κ1) is 21.1. The first-order chi connectivity index (χ1) is 14.3. The van der Waals surface area contributed by atoms with Crippen molar-refractivity contribution in [3.05, 3.63) is 54.9 Å². The van der Waals surface area contributed by atoms with Crippen molar-refractivity contribution < 1.29 is 14.3 Å². The van der Waals surface area contributed by atoms with Crippen LogP contribution in [0, 0.1) is 0 Å². The van der Waals surface area contributed by atoms with Gasteiger partial charge in [-0.05, 0) is 24.3 Å². The second-order valence-corrected chi connectivity index (χ2v) is 7.03. The van der Waals surface area contributed by atoms with Crippen LogP contribution in [0.4, 0.5) is 5.69 Å². The van der Waals surface area contributed by atoms with Crippen LogP contribution in [-0.4, -0.2) is 74.9 Å². The van der Waals surface area contributed by atoms with Gasteiger partial charge in [-0.1, -0.05) is 18.2 Å². The molecule has 1 aromatic carbocycles. The van der Waals surface area contributed by atoms with Crippen molar-refractivity contribution in [1.82, 2.24) is 15.2 Å². The Hall–Kier alpha value is -2.64. The Bertz CT molecular complexity index is 721. The molecule has 0 saturated carbocycles. The van der Waals surface area contributed by atoms with Gasteiger partial charge < -0.3 is 19.7 Å². The summed E-state index contributed by atoms with van der Waals surface area (Å²) in [6.45, 7) is 5.65. The molecule has 2 heterocycles. The Morgan fingerprint density at radius 3 is 2.52 bits per heavy atom. The smallest absolute Gasteiger partial charge is 0.261 e. The van der Waals surface area contributed by atoms with Crippen molar-refractivity contribution in [1.29, 1.82) is 0 Å². The number of benzene rings is 1. The number of nitrogens with one attached hydrogen (secondary N) is 1. The lowest BCUT2D eigenvalue weighted by atomic mass is 10.2. The zero-order valence-electron chi connectivity index (χ0n) is 17.0. The first-order valence-electron chi connectivity index (χ1n) is 10.1. The molecule has 1 amide bonds. The largest absolute Gasteiger partial charge is 0.481 e. The molecule has 29 heavy (non-hydrogen) atoms. The van der Waals surface area contributed by atoms with E-state index in [1.54, 1.807) is 7.11 Å². The maximum Gasteiger partial charge on any atom is 0.261 e. The summed E-state index contributed by atoms with van der Waals surface area (Å²) in [6.07, 6.45) is 3.78. The number of para-hydroxylation sites is 1. The van der Waals surface area contributed by atoms with Gasteiger partial charge in [0.2, 0.25) is 0 Å². The maximum absolute atomic E-state index is 12.6. The molecule has 1 saturated heterocycles. The van der Waals surface area contributed by atoms with Gasteiger partial charge in [-0.25, -0.2) is 0 Å². The fourth-order valence-corrected chi connectivity index (χ4v) is 3.38. The van der Waals surface area contributed by atoms with Crippen LogP contribution in [0.15, 0.2) is 54.9 Å². The van der Waals surface area contributed by atoms with Crippen LogP contribution in [0.1, 0.15) is 6.42 Å². The average Bonchev–Trinajstić information content (AvgIpc) is 2.78. The minimum absolute atomic E-state index is 0.0960. The molecule has 1 fully saturated rings. The zero-order valence-corrected chi connectivity index (χ0v) is 17.0. The predicted octanol–water partition coefficient (Wildman–Crippen LogP) is 1.80. The van der Waals surface area contributed by atoms with E-state index in [0.717, 1.165) is 32.7 Å². The van der Waals surface area contributed by atoms with Gasteiger partial charge in [0.25, 0.3) is 5.91 Å². The Labute approximate surface area is 172 Å². The van der Waals surface area contributed by atoms with Crippen molar-refractivity contribution in [2.24, 2.45) is 0 Å². The number of pyridine rings is 1. The van der Waals surface area contributed by atoms with E-state index in [1.807, 2.05) is 54.9 Å². The molecular weight excluding hydrogens is 368 g/mol. The summed E-state index contributed by atoms with van der Waals surface area (Å²) in [6, 6.07) is 13.6. The lowest BCUT2D eigenvalue weighted by Crippen LogP contribution is -2.48. The minimum atomic E-state index is -0.521. The molecule has 3 rings (SSSR count). The average molecular weight is 399 g/mol. The van der Waals surface area contributed by atoms with E-state index >= 15 is 0 Å². The highest BCUT2D eigenvalue weighted by Crippen LogP contribution is 2.16. The number of carbonyl (C=O) groups excluding carboxylic acids is 1. The second-order valence-electron chi connectivity index (χ2n) is 7.03. The normalized spacial score (nSPS) is 15.7. The van der Waals surface area contributed by atoms with E-state index < -0.39 is 6.10 Å². The summed E-state index contributed by atoms with van der Waals surface area (Å²) in [5.41, 5.74) is 1.21. The van der Waals surface area contributed by atoms with Gasteiger partial charge in [-0.15, -0.1) is 0 Å². The molecule has 7 nitrogen and oxygen atoms in total. The van der Waals surface area contributed by atoms with Crippen LogP contribution < -0.4 is 15.0 Å². The van der Waals surface area contributed by atoms with Crippen LogP contribution in [0.2, 0.25) is 0 Å². The van der Waals surface area contributed by atoms with Crippen LogP contribution in [0.5, 0.6) is 5.75 Å². The lowest BCUT2D eigenvalue weighted by Gasteiger charge is -2.36. The Morgan fingerprint density at radius 1 is 1.10 bits per heavy atom. The minimum Gasteiger partial charge on any atom is -0.481 e. The fourth-order valence-electron chi connectivity index (χ4n) is 3.38. The Kier molecular flexibility index (Phi) is 8.27. The number of rotatable bonds is 10. The van der Waals surface area contributed by atoms with Crippen molar-refractivity contribution in [2.75, 3.05) is 57.9 Å². The van der Waals surface area contributed by atoms with Crippen LogP contribution in [-0.2, 0) is 9.53 Å². The van der Waals surface area contributed by atoms with Crippen molar-refractivity contribution >= 4 is 11.6 Å². The molecule has 2 aromatic rings. The molecule has 7 heteroatoms. The maximum atomic E-state index is 12.6. The van der Waals surface area contributed by atoms with E-state index in [-0.39, 0.29) is 5.91 Å². The molecule has 0 bridgehead atoms. The summed E-state index contributed by atoms with van der Waals surface area (Å²) in [4.78, 5) is 21.5. The van der Waals surface area contributed by atoms with Gasteiger partial charge in [0.1, 0.15) is 5.75 Å². The molecular formula is C22H30N4O3. The number of nitrogens with zero attached hydrogens (tertiary/aromatic N) is 3. The van der Waals surface area contributed by atoms with Gasteiger partial charge >= 0.3 is 0 Å². The standard InChI is InChI=1S/C22H30N4O3/c1-28-18-12-24-22(27)21(29-20-5-3-2-4-6-20)9-13-25-14-16-26(17-15-25)19-7-10-23-11-8-19/h2-8,10-11,21H,9,12-18H2,1H3,(H,24,27). The number of hydrogen-bond donors (Lipinski definition) is 1. The summed E-state index contributed by atoms with van der Waals surface area (Å²) in [5.74, 6) is 0.614. The topological polar surface area (TPSA) is 66.9 Å². The summed E-state index contributed by atoms with van der Waals surface area (Å²) >= 11 is 0. The van der Waals surface area contributed by atoms with E-state index in [4.69, 9.17) is 9.47 Å². The number of anilines is 1. The number of methoxy groups -OCH3 is 1. The van der Waals surface area contributed by atoms with Crippen LogP contribution >= 0.6 is 0 Å². The molecule has 1 aliphatic heterocycles. The predicted molar refractivity (Wildman–Crippen MR) is 113 cm³/mol. The van der Waals surface area contributed by atoms with Crippen molar-refractivity contribution in [3.63, 3.8) is 0 Å². The molecule has 1 aromatic heterocycles. The third-order valence-electron chi connectivity index (χ3n) is 5.03. The third-order valence-corrected chi connectivity index (χ3v) is 5.03. The Balaban J connectivity index is 1.50. The zero-order chi connectivity index (χ0) is 20.3. The van der Waals surface area contributed by atoms with Gasteiger partial charge in [0, 0.05) is 70.9 Å². The van der Waals surface area contributed by atoms with Gasteiger partial charge in [0.15, 0.2) is 6.10 Å². The van der Waals surface area contributed by atoms with Gasteiger partial charge in [-0.3, -0.25) is 14.7 Å². The summed E-state index contributed by atoms with van der Waals surface area (Å²) in [5, 5.41) is 2.90. The summed E-state index contributed by atoms with van der Waals surface area (Å²) < 4.78 is 11.0. The molecule has 0 radical (unpaired) electrons. The SMILES string of the molecule is COCCNC(=O)C(CCN1CCN(c2ccncc2)CC1)Oc1ccccc1. The highest BCUT2D eigenvalue weighted by Gasteiger charge is 2.23. The van der Waals surface area contributed by atoms with E-state index in [2.05, 4.69) is 20.1 Å². The Morgan fingerprint density at radius 2 is 1.83 bits per heavy atom. The molecule has 1 N–H and O–H groups in total. The van der Waals surface area contributed by atoms with Crippen LogP contribution in [0.25, 0.3) is 0 Å². The third kappa shape index (κ3) is 6.73. The molecule has 0 aliphatic carbocycles. The number of aromatic nitrogens is 1. The van der Waals surface area contributed by atoms with E-state index in [0.29, 0.717) is 25.3 Å². The number of piperazine rings is 1. The highest BCUT2D eigenvalue weighted by molar-refractivity contribution is 5.81. The monoisotopic (exact) mass is 398 g/mol. The molecule has 0 spiro atoms. The van der Waals surface area contributed by atoms with E-state index in [1.165, 1.54) is 5.69 Å². The molecule has 156 valence electrons. The second kappa shape index (κ2) is 11.4. The van der Waals surface area contributed by atoms with Gasteiger partial charge in [-0.2, -0.15) is 0 Å². The molecule has 1 aliphatic rings. The lowest BCUT2D eigenvalue weighted by molar-refractivity contribution is -0.128.